The topological polar surface area (TPSA) is 74.0 Å². The number of nitrogens with zero attached hydrogens (tertiary/aromatic N) is 1. The molecule has 1 aliphatic heterocycles. The van der Waals surface area contributed by atoms with Gasteiger partial charge in [0, 0.05) is 31.1 Å². The molecule has 1 aromatic carbocycles. The number of fused-ring (bicyclic) bond motifs is 1. The fraction of sp³-hybridized carbons (Fsp3) is 0.588. The smallest absolute Gasteiger partial charge is 0.387 e. The van der Waals surface area contributed by atoms with Crippen molar-refractivity contribution < 1.29 is 27.8 Å². The van der Waals surface area contributed by atoms with Crippen LogP contribution in [0.5, 0.6) is 17.2 Å². The van der Waals surface area contributed by atoms with Gasteiger partial charge in [-0.1, -0.05) is 6.42 Å². The molecule has 1 amide bonds. The van der Waals surface area contributed by atoms with Crippen molar-refractivity contribution in [3.8, 4) is 17.2 Å². The average Bonchev–Trinajstić information content (AvgIpc) is 3.21. The van der Waals surface area contributed by atoms with Gasteiger partial charge in [-0.05, 0) is 31.4 Å². The van der Waals surface area contributed by atoms with Crippen molar-refractivity contribution in [2.75, 3.05) is 20.4 Å². The molecule has 1 heterocycles. The molecule has 1 aliphatic carbocycles. The summed E-state index contributed by atoms with van der Waals surface area (Å²) in [6, 6.07) is 2.96. The Bertz CT molecular complexity index is 641. The molecule has 2 aliphatic rings. The van der Waals surface area contributed by atoms with Gasteiger partial charge >= 0.3 is 6.61 Å². The molecule has 138 valence electrons. The second kappa shape index (κ2) is 7.43. The quantitative estimate of drug-likeness (QED) is 0.847. The molecule has 1 saturated carbocycles. The average molecular weight is 356 g/mol. The first-order chi connectivity index (χ1) is 12.0. The van der Waals surface area contributed by atoms with Crippen LogP contribution in [0.2, 0.25) is 0 Å². The number of amides is 1. The lowest BCUT2D eigenvalue weighted by Gasteiger charge is -2.25. The molecule has 2 atom stereocenters. The molecule has 1 fully saturated rings. The number of hydrogen-bond acceptors (Lipinski definition) is 5. The summed E-state index contributed by atoms with van der Waals surface area (Å²) in [7, 11) is 1.66. The summed E-state index contributed by atoms with van der Waals surface area (Å²) in [5.41, 5.74) is 6.20. The molecule has 3 rings (SSSR count). The van der Waals surface area contributed by atoms with E-state index in [1.165, 1.54) is 11.0 Å². The number of hydrogen-bond donors (Lipinski definition) is 1. The Balaban J connectivity index is 1.78. The maximum absolute atomic E-state index is 12.7. The molecular formula is C17H22F2N2O4. The molecule has 0 saturated heterocycles. The lowest BCUT2D eigenvalue weighted by atomic mass is 9.94. The third-order valence-corrected chi connectivity index (χ3v) is 4.83. The van der Waals surface area contributed by atoms with Crippen LogP contribution in [0.1, 0.15) is 24.8 Å². The van der Waals surface area contributed by atoms with Crippen molar-refractivity contribution >= 4 is 5.91 Å². The normalized spacial score (nSPS) is 21.6. The first kappa shape index (κ1) is 17.7. The number of alkyl halides is 2. The number of carbonyl (C=O) groups is 1. The minimum atomic E-state index is -2.96. The van der Waals surface area contributed by atoms with Crippen molar-refractivity contribution in [3.05, 3.63) is 17.7 Å². The predicted octanol–water partition coefficient (Wildman–Crippen LogP) is 2.35. The highest BCUT2D eigenvalue weighted by Gasteiger charge is 2.34. The van der Waals surface area contributed by atoms with Crippen LogP contribution in [0, 0.1) is 11.8 Å². The molecule has 0 bridgehead atoms. The van der Waals surface area contributed by atoms with E-state index >= 15 is 0 Å². The number of rotatable bonds is 6. The summed E-state index contributed by atoms with van der Waals surface area (Å²) >= 11 is 0. The van der Waals surface area contributed by atoms with Crippen molar-refractivity contribution in [3.63, 3.8) is 0 Å². The zero-order valence-electron chi connectivity index (χ0n) is 14.0. The van der Waals surface area contributed by atoms with Gasteiger partial charge in [-0.25, -0.2) is 0 Å². The van der Waals surface area contributed by atoms with Gasteiger partial charge in [0.15, 0.2) is 11.5 Å². The molecule has 6 nitrogen and oxygen atoms in total. The van der Waals surface area contributed by atoms with E-state index in [4.69, 9.17) is 15.2 Å². The van der Waals surface area contributed by atoms with Gasteiger partial charge in [0.2, 0.25) is 12.7 Å². The first-order valence-corrected chi connectivity index (χ1v) is 8.32. The molecule has 0 radical (unpaired) electrons. The largest absolute Gasteiger partial charge is 0.454 e. The lowest BCUT2D eigenvalue weighted by molar-refractivity contribution is -0.135. The Hall–Kier alpha value is -2.09. The highest BCUT2D eigenvalue weighted by Crippen LogP contribution is 2.39. The van der Waals surface area contributed by atoms with E-state index in [0.717, 1.165) is 19.3 Å². The molecule has 25 heavy (non-hydrogen) atoms. The van der Waals surface area contributed by atoms with Crippen LogP contribution in [-0.2, 0) is 11.3 Å². The number of ether oxygens (including phenoxy) is 3. The Morgan fingerprint density at radius 1 is 1.36 bits per heavy atom. The summed E-state index contributed by atoms with van der Waals surface area (Å²) in [5, 5.41) is 0. The number of benzene rings is 1. The Morgan fingerprint density at radius 2 is 2.08 bits per heavy atom. The van der Waals surface area contributed by atoms with Gasteiger partial charge in [0.1, 0.15) is 5.75 Å². The Labute approximate surface area is 144 Å². The third kappa shape index (κ3) is 3.78. The second-order valence-electron chi connectivity index (χ2n) is 6.42. The van der Waals surface area contributed by atoms with Crippen molar-refractivity contribution in [2.45, 2.75) is 32.4 Å². The third-order valence-electron chi connectivity index (χ3n) is 4.83. The van der Waals surface area contributed by atoms with Gasteiger partial charge in [-0.15, -0.1) is 0 Å². The monoisotopic (exact) mass is 356 g/mol. The highest BCUT2D eigenvalue weighted by atomic mass is 19.3. The predicted molar refractivity (Wildman–Crippen MR) is 85.6 cm³/mol. The summed E-state index contributed by atoms with van der Waals surface area (Å²) in [4.78, 5) is 14.2. The summed E-state index contributed by atoms with van der Waals surface area (Å²) in [6.45, 7) is -2.31. The van der Waals surface area contributed by atoms with Crippen molar-refractivity contribution in [2.24, 2.45) is 17.6 Å². The van der Waals surface area contributed by atoms with Crippen molar-refractivity contribution in [1.29, 1.82) is 0 Å². The van der Waals surface area contributed by atoms with E-state index in [1.54, 1.807) is 13.1 Å². The molecule has 8 heteroatoms. The fourth-order valence-electron chi connectivity index (χ4n) is 3.56. The number of halogens is 2. The summed E-state index contributed by atoms with van der Waals surface area (Å²) in [6.07, 6.45) is 2.74. The van der Waals surface area contributed by atoms with Crippen LogP contribution >= 0.6 is 0 Å². The molecule has 2 N–H and O–H groups in total. The second-order valence-corrected chi connectivity index (χ2v) is 6.42. The van der Waals surface area contributed by atoms with Crippen LogP contribution in [0.15, 0.2) is 12.1 Å². The van der Waals surface area contributed by atoms with Gasteiger partial charge in [-0.2, -0.15) is 8.78 Å². The van der Waals surface area contributed by atoms with Gasteiger partial charge < -0.3 is 24.8 Å². The summed E-state index contributed by atoms with van der Waals surface area (Å²) < 4.78 is 40.5. The summed E-state index contributed by atoms with van der Waals surface area (Å²) in [5.74, 6) is 0.854. The van der Waals surface area contributed by atoms with Crippen LogP contribution in [-0.4, -0.2) is 37.8 Å². The van der Waals surface area contributed by atoms with Crippen LogP contribution in [0.3, 0.4) is 0 Å². The molecule has 0 aromatic heterocycles. The van der Waals surface area contributed by atoms with E-state index in [2.05, 4.69) is 4.74 Å². The van der Waals surface area contributed by atoms with Gasteiger partial charge in [0.05, 0.1) is 0 Å². The van der Waals surface area contributed by atoms with Gasteiger partial charge in [-0.3, -0.25) is 4.79 Å². The molecular weight excluding hydrogens is 334 g/mol. The minimum absolute atomic E-state index is 0.0132. The standard InChI is InChI=1S/C17H22F2N2O4/c1-21(16(22)12-4-2-3-10(12)7-20)8-11-5-14-15(24-9-23-14)6-13(11)25-17(18)19/h5-6,10,12,17H,2-4,7-9,20H2,1H3/t10-,12-/m1/s1. The van der Waals surface area contributed by atoms with Crippen LogP contribution in [0.25, 0.3) is 0 Å². The molecule has 1 aromatic rings. The maximum atomic E-state index is 12.7. The zero-order valence-corrected chi connectivity index (χ0v) is 14.0. The highest BCUT2D eigenvalue weighted by molar-refractivity contribution is 5.79. The van der Waals surface area contributed by atoms with Crippen LogP contribution < -0.4 is 19.9 Å². The van der Waals surface area contributed by atoms with Gasteiger partial charge in [0.25, 0.3) is 0 Å². The first-order valence-electron chi connectivity index (χ1n) is 8.32. The number of nitrogens with two attached hydrogens (primary N) is 1. The van der Waals surface area contributed by atoms with E-state index in [9.17, 15) is 13.6 Å². The minimum Gasteiger partial charge on any atom is -0.454 e. The lowest BCUT2D eigenvalue weighted by Crippen LogP contribution is -2.36. The molecule has 0 spiro atoms. The maximum Gasteiger partial charge on any atom is 0.387 e. The SMILES string of the molecule is CN(Cc1cc2c(cc1OC(F)F)OCO2)C(=O)[C@@H]1CCC[C@@H]1CN. The zero-order chi connectivity index (χ0) is 18.0. The van der Waals surface area contributed by atoms with E-state index < -0.39 is 6.61 Å². The Morgan fingerprint density at radius 3 is 2.76 bits per heavy atom. The van der Waals surface area contributed by atoms with E-state index in [-0.39, 0.29) is 36.8 Å². The van der Waals surface area contributed by atoms with E-state index in [0.29, 0.717) is 23.6 Å². The molecule has 0 unspecified atom stereocenters. The van der Waals surface area contributed by atoms with Crippen molar-refractivity contribution in [1.82, 2.24) is 4.90 Å². The fourth-order valence-corrected chi connectivity index (χ4v) is 3.56. The Kier molecular flexibility index (Phi) is 5.27. The number of carbonyl (C=O) groups excluding carboxylic acids is 1. The van der Waals surface area contributed by atoms with Crippen LogP contribution in [0.4, 0.5) is 8.78 Å². The van der Waals surface area contributed by atoms with E-state index in [1.807, 2.05) is 0 Å².